The average Bonchev–Trinajstić information content (AvgIpc) is 2.36. The normalized spacial score (nSPS) is 25.6. The molecule has 1 aromatic rings. The highest BCUT2D eigenvalue weighted by Gasteiger charge is 2.25. The van der Waals surface area contributed by atoms with Gasteiger partial charge < -0.3 is 10.6 Å². The summed E-state index contributed by atoms with van der Waals surface area (Å²) in [6, 6.07) is 9.59. The van der Waals surface area contributed by atoms with Gasteiger partial charge in [-0.15, -0.1) is 0 Å². The van der Waals surface area contributed by atoms with Crippen molar-refractivity contribution in [2.75, 3.05) is 32.4 Å². The fourth-order valence-corrected chi connectivity index (χ4v) is 2.95. The van der Waals surface area contributed by atoms with Gasteiger partial charge in [0, 0.05) is 30.9 Å². The smallest absolute Gasteiger partial charge is 0.0316 e. The number of rotatable bonds is 4. The van der Waals surface area contributed by atoms with Gasteiger partial charge in [0.25, 0.3) is 0 Å². The van der Waals surface area contributed by atoms with Crippen LogP contribution in [0.15, 0.2) is 24.3 Å². The topological polar surface area (TPSA) is 32.5 Å². The van der Waals surface area contributed by atoms with Crippen LogP contribution in [0, 0.1) is 0 Å². The molecule has 2 atom stereocenters. The zero-order valence-corrected chi connectivity index (χ0v) is 12.5. The van der Waals surface area contributed by atoms with Gasteiger partial charge >= 0.3 is 0 Å². The highest BCUT2D eigenvalue weighted by atomic mass is 15.3. The van der Waals surface area contributed by atoms with E-state index < -0.39 is 0 Å². The summed E-state index contributed by atoms with van der Waals surface area (Å²) in [7, 11) is 2.24. The quantitative estimate of drug-likeness (QED) is 0.844. The van der Waals surface area contributed by atoms with Gasteiger partial charge in [0.1, 0.15) is 0 Å². The van der Waals surface area contributed by atoms with E-state index in [1.807, 2.05) is 12.1 Å². The number of hydrogen-bond donors (Lipinski definition) is 1. The molecule has 0 radical (unpaired) electrons. The molecule has 2 unspecified atom stereocenters. The standard InChI is InChI=1S/C16H27N3/c1-13-11-19(12-14(2)18(13)3)9-5-7-15-6-4-8-16(17)10-15/h4,6,8,10,13-14H,5,7,9,11-12,17H2,1-3H3. The van der Waals surface area contributed by atoms with E-state index in [-0.39, 0.29) is 0 Å². The van der Waals surface area contributed by atoms with Crippen molar-refractivity contribution in [3.05, 3.63) is 29.8 Å². The minimum absolute atomic E-state index is 0.663. The summed E-state index contributed by atoms with van der Waals surface area (Å²) in [5, 5.41) is 0. The summed E-state index contributed by atoms with van der Waals surface area (Å²) < 4.78 is 0. The molecule has 2 N–H and O–H groups in total. The van der Waals surface area contributed by atoms with Crippen molar-refractivity contribution in [3.8, 4) is 0 Å². The van der Waals surface area contributed by atoms with Crippen molar-refractivity contribution in [2.24, 2.45) is 0 Å². The summed E-state index contributed by atoms with van der Waals surface area (Å²) in [4.78, 5) is 5.08. The molecular weight excluding hydrogens is 234 g/mol. The lowest BCUT2D eigenvalue weighted by Gasteiger charge is -2.42. The fraction of sp³-hybridized carbons (Fsp3) is 0.625. The number of piperazine rings is 1. The third-order valence-corrected chi connectivity index (χ3v) is 4.33. The van der Waals surface area contributed by atoms with E-state index in [0.717, 1.165) is 12.1 Å². The van der Waals surface area contributed by atoms with Gasteiger partial charge in [-0.1, -0.05) is 12.1 Å². The third-order valence-electron chi connectivity index (χ3n) is 4.33. The van der Waals surface area contributed by atoms with Crippen molar-refractivity contribution in [2.45, 2.75) is 38.8 Å². The maximum absolute atomic E-state index is 5.81. The van der Waals surface area contributed by atoms with Gasteiger partial charge in [-0.3, -0.25) is 4.90 Å². The van der Waals surface area contributed by atoms with Gasteiger partial charge in [-0.25, -0.2) is 0 Å². The van der Waals surface area contributed by atoms with Crippen LogP contribution in [0.5, 0.6) is 0 Å². The predicted octanol–water partition coefficient (Wildman–Crippen LogP) is 2.23. The minimum Gasteiger partial charge on any atom is -0.399 e. The molecule has 106 valence electrons. The van der Waals surface area contributed by atoms with E-state index in [9.17, 15) is 0 Å². The molecule has 0 aliphatic carbocycles. The molecule has 1 aliphatic heterocycles. The number of benzene rings is 1. The van der Waals surface area contributed by atoms with Crippen LogP contribution in [-0.4, -0.2) is 48.6 Å². The van der Waals surface area contributed by atoms with Crippen LogP contribution < -0.4 is 5.73 Å². The van der Waals surface area contributed by atoms with E-state index >= 15 is 0 Å². The molecule has 0 spiro atoms. The Hall–Kier alpha value is -1.06. The second-order valence-corrected chi connectivity index (χ2v) is 5.97. The van der Waals surface area contributed by atoms with E-state index in [1.54, 1.807) is 0 Å². The first-order valence-corrected chi connectivity index (χ1v) is 7.35. The van der Waals surface area contributed by atoms with Crippen LogP contribution in [-0.2, 0) is 6.42 Å². The van der Waals surface area contributed by atoms with Crippen molar-refractivity contribution < 1.29 is 0 Å². The van der Waals surface area contributed by atoms with Gasteiger partial charge in [0.15, 0.2) is 0 Å². The summed E-state index contributed by atoms with van der Waals surface area (Å²) in [6.45, 7) is 8.22. The van der Waals surface area contributed by atoms with Crippen molar-refractivity contribution in [1.29, 1.82) is 0 Å². The first-order valence-electron chi connectivity index (χ1n) is 7.35. The largest absolute Gasteiger partial charge is 0.399 e. The minimum atomic E-state index is 0.663. The molecule has 1 aromatic carbocycles. The highest BCUT2D eigenvalue weighted by Crippen LogP contribution is 2.14. The first-order chi connectivity index (χ1) is 9.06. The fourth-order valence-electron chi connectivity index (χ4n) is 2.95. The van der Waals surface area contributed by atoms with Crippen LogP contribution in [0.2, 0.25) is 0 Å². The van der Waals surface area contributed by atoms with Crippen LogP contribution in [0.3, 0.4) is 0 Å². The molecule has 19 heavy (non-hydrogen) atoms. The maximum Gasteiger partial charge on any atom is 0.0316 e. The van der Waals surface area contributed by atoms with E-state index in [0.29, 0.717) is 12.1 Å². The predicted molar refractivity (Wildman–Crippen MR) is 82.3 cm³/mol. The molecule has 0 aromatic heterocycles. The van der Waals surface area contributed by atoms with Crippen molar-refractivity contribution in [1.82, 2.24) is 9.80 Å². The molecular formula is C16H27N3. The average molecular weight is 261 g/mol. The summed E-state index contributed by atoms with van der Waals surface area (Å²) >= 11 is 0. The number of nitrogen functional groups attached to an aromatic ring is 1. The van der Waals surface area contributed by atoms with Crippen molar-refractivity contribution in [3.63, 3.8) is 0 Å². The Kier molecular flexibility index (Phi) is 4.83. The summed E-state index contributed by atoms with van der Waals surface area (Å²) in [6.07, 6.45) is 2.34. The van der Waals surface area contributed by atoms with Crippen LogP contribution in [0.4, 0.5) is 5.69 Å². The number of nitrogens with two attached hydrogens (primary N) is 1. The monoisotopic (exact) mass is 261 g/mol. The van der Waals surface area contributed by atoms with E-state index in [1.165, 1.54) is 31.6 Å². The zero-order chi connectivity index (χ0) is 13.8. The Morgan fingerprint density at radius 1 is 1.21 bits per heavy atom. The molecule has 0 amide bonds. The van der Waals surface area contributed by atoms with Gasteiger partial charge in [0.05, 0.1) is 0 Å². The highest BCUT2D eigenvalue weighted by molar-refractivity contribution is 5.40. The molecule has 1 heterocycles. The van der Waals surface area contributed by atoms with Crippen LogP contribution in [0.1, 0.15) is 25.8 Å². The van der Waals surface area contributed by atoms with Crippen LogP contribution >= 0.6 is 0 Å². The zero-order valence-electron chi connectivity index (χ0n) is 12.5. The second kappa shape index (κ2) is 6.40. The number of likely N-dealkylation sites (N-methyl/N-ethyl adjacent to an activating group) is 1. The molecule has 0 saturated carbocycles. The third kappa shape index (κ3) is 3.95. The van der Waals surface area contributed by atoms with E-state index in [2.05, 4.69) is 42.8 Å². The Morgan fingerprint density at radius 2 is 1.89 bits per heavy atom. The Bertz CT molecular complexity index is 393. The van der Waals surface area contributed by atoms with Gasteiger partial charge in [-0.05, 0) is 58.0 Å². The number of aryl methyl sites for hydroxylation is 1. The lowest BCUT2D eigenvalue weighted by Crippen LogP contribution is -2.54. The SMILES string of the molecule is CC1CN(CCCc2cccc(N)c2)CC(C)N1C. The van der Waals surface area contributed by atoms with Crippen LogP contribution in [0.25, 0.3) is 0 Å². The molecule has 1 fully saturated rings. The lowest BCUT2D eigenvalue weighted by atomic mass is 10.1. The number of hydrogen-bond acceptors (Lipinski definition) is 3. The number of nitrogens with zero attached hydrogens (tertiary/aromatic N) is 2. The molecule has 0 bridgehead atoms. The molecule has 1 aliphatic rings. The van der Waals surface area contributed by atoms with Gasteiger partial charge in [0.2, 0.25) is 0 Å². The summed E-state index contributed by atoms with van der Waals surface area (Å²) in [5.41, 5.74) is 8.04. The molecule has 1 saturated heterocycles. The second-order valence-electron chi connectivity index (χ2n) is 5.97. The number of anilines is 1. The maximum atomic E-state index is 5.81. The molecule has 3 nitrogen and oxygen atoms in total. The Morgan fingerprint density at radius 3 is 2.53 bits per heavy atom. The van der Waals surface area contributed by atoms with Gasteiger partial charge in [-0.2, -0.15) is 0 Å². The van der Waals surface area contributed by atoms with E-state index in [4.69, 9.17) is 5.73 Å². The van der Waals surface area contributed by atoms with Crippen molar-refractivity contribution >= 4 is 5.69 Å². The molecule has 2 rings (SSSR count). The summed E-state index contributed by atoms with van der Waals surface area (Å²) in [5.74, 6) is 0. The lowest BCUT2D eigenvalue weighted by molar-refractivity contribution is 0.0595. The Balaban J connectivity index is 1.77. The first kappa shape index (κ1) is 14.4. The Labute approximate surface area is 117 Å². The molecule has 3 heteroatoms.